The van der Waals surface area contributed by atoms with Gasteiger partial charge in [-0.1, -0.05) is 18.2 Å². The van der Waals surface area contributed by atoms with Crippen LogP contribution in [-0.4, -0.2) is 36.9 Å². The summed E-state index contributed by atoms with van der Waals surface area (Å²) in [5.41, 5.74) is -0.271. The smallest absolute Gasteiger partial charge is 0.315 e. The summed E-state index contributed by atoms with van der Waals surface area (Å²) < 4.78 is 11.1. The Bertz CT molecular complexity index is 458. The lowest BCUT2D eigenvalue weighted by atomic mass is 10.0. The highest BCUT2D eigenvalue weighted by atomic mass is 16.5. The molecule has 0 aromatic heterocycles. The Kier molecular flexibility index (Phi) is 5.07. The third-order valence-corrected chi connectivity index (χ3v) is 3.76. The number of carbonyl (C=O) groups excluding carboxylic acids is 1. The van der Waals surface area contributed by atoms with Gasteiger partial charge in [0.2, 0.25) is 0 Å². The minimum atomic E-state index is -0.271. The Morgan fingerprint density at radius 3 is 2.67 bits per heavy atom. The molecule has 3 atom stereocenters. The molecule has 1 aromatic carbocycles. The van der Waals surface area contributed by atoms with Crippen molar-refractivity contribution in [1.82, 2.24) is 10.6 Å². The standard InChI is InChI=1S/C16H24N2O3/c1-12(13(2)21-14-7-5-4-6-8-14)17-15(19)18-16(3)9-10-20-11-16/h4-8,12-13H,9-11H2,1-3H3,(H2,17,18,19)/t12-,13-,16-/m1/s1. The summed E-state index contributed by atoms with van der Waals surface area (Å²) in [5.74, 6) is 0.801. The molecule has 0 radical (unpaired) electrons. The molecule has 116 valence electrons. The molecule has 1 aliphatic rings. The number of para-hydroxylation sites is 1. The fourth-order valence-electron chi connectivity index (χ4n) is 2.22. The molecule has 0 saturated carbocycles. The average molecular weight is 292 g/mol. The summed E-state index contributed by atoms with van der Waals surface area (Å²) in [6.07, 6.45) is 0.719. The lowest BCUT2D eigenvalue weighted by Crippen LogP contribution is -2.54. The van der Waals surface area contributed by atoms with Gasteiger partial charge in [-0.2, -0.15) is 0 Å². The first-order chi connectivity index (χ1) is 9.98. The van der Waals surface area contributed by atoms with E-state index >= 15 is 0 Å². The Morgan fingerprint density at radius 2 is 2.05 bits per heavy atom. The third kappa shape index (κ3) is 4.63. The molecular weight excluding hydrogens is 268 g/mol. The zero-order chi connectivity index (χ0) is 15.3. The molecule has 1 fully saturated rings. The maximum absolute atomic E-state index is 12.0. The van der Waals surface area contributed by atoms with Crippen molar-refractivity contribution in [2.75, 3.05) is 13.2 Å². The quantitative estimate of drug-likeness (QED) is 0.875. The molecular formula is C16H24N2O3. The zero-order valence-electron chi connectivity index (χ0n) is 12.9. The molecule has 5 nitrogen and oxygen atoms in total. The molecule has 1 aliphatic heterocycles. The van der Waals surface area contributed by atoms with Crippen LogP contribution in [0.1, 0.15) is 27.2 Å². The van der Waals surface area contributed by atoms with E-state index in [9.17, 15) is 4.79 Å². The van der Waals surface area contributed by atoms with Crippen LogP contribution in [0.3, 0.4) is 0 Å². The molecule has 0 bridgehead atoms. The van der Waals surface area contributed by atoms with Crippen molar-refractivity contribution in [2.45, 2.75) is 44.9 Å². The molecule has 2 N–H and O–H groups in total. The van der Waals surface area contributed by atoms with Crippen LogP contribution in [0.4, 0.5) is 4.79 Å². The largest absolute Gasteiger partial charge is 0.489 e. The van der Waals surface area contributed by atoms with Gasteiger partial charge in [0.05, 0.1) is 18.2 Å². The van der Waals surface area contributed by atoms with Gasteiger partial charge in [-0.05, 0) is 39.3 Å². The highest BCUT2D eigenvalue weighted by molar-refractivity contribution is 5.75. The fourth-order valence-corrected chi connectivity index (χ4v) is 2.22. The van der Waals surface area contributed by atoms with Crippen molar-refractivity contribution in [3.05, 3.63) is 30.3 Å². The van der Waals surface area contributed by atoms with Crippen LogP contribution < -0.4 is 15.4 Å². The molecule has 1 heterocycles. The van der Waals surface area contributed by atoms with Gasteiger partial charge in [0.15, 0.2) is 0 Å². The van der Waals surface area contributed by atoms with Crippen molar-refractivity contribution in [2.24, 2.45) is 0 Å². The van der Waals surface area contributed by atoms with Crippen molar-refractivity contribution < 1.29 is 14.3 Å². The monoisotopic (exact) mass is 292 g/mol. The molecule has 5 heteroatoms. The van der Waals surface area contributed by atoms with E-state index in [1.165, 1.54) is 0 Å². The third-order valence-electron chi connectivity index (χ3n) is 3.76. The van der Waals surface area contributed by atoms with Gasteiger partial charge in [0.25, 0.3) is 0 Å². The van der Waals surface area contributed by atoms with Crippen molar-refractivity contribution in [1.29, 1.82) is 0 Å². The molecule has 1 saturated heterocycles. The molecule has 0 spiro atoms. The Labute approximate surface area is 126 Å². The Balaban J connectivity index is 1.80. The van der Waals surface area contributed by atoms with E-state index in [1.54, 1.807) is 0 Å². The van der Waals surface area contributed by atoms with Crippen molar-refractivity contribution in [3.8, 4) is 5.75 Å². The predicted molar refractivity (Wildman–Crippen MR) is 81.5 cm³/mol. The van der Waals surface area contributed by atoms with Crippen molar-refractivity contribution >= 4 is 6.03 Å². The first-order valence-electron chi connectivity index (χ1n) is 7.37. The van der Waals surface area contributed by atoms with Gasteiger partial charge >= 0.3 is 6.03 Å². The van der Waals surface area contributed by atoms with E-state index in [2.05, 4.69) is 10.6 Å². The van der Waals surface area contributed by atoms with E-state index < -0.39 is 0 Å². The molecule has 2 rings (SSSR count). The number of hydrogen-bond donors (Lipinski definition) is 2. The number of rotatable bonds is 5. The number of amides is 2. The molecule has 0 unspecified atom stereocenters. The van der Waals surface area contributed by atoms with Crippen LogP contribution in [-0.2, 0) is 4.74 Å². The maximum atomic E-state index is 12.0. The van der Waals surface area contributed by atoms with Crippen LogP contribution in [0.5, 0.6) is 5.75 Å². The topological polar surface area (TPSA) is 59.6 Å². The van der Waals surface area contributed by atoms with Gasteiger partial charge in [-0.15, -0.1) is 0 Å². The molecule has 0 aliphatic carbocycles. The van der Waals surface area contributed by atoms with E-state index in [0.717, 1.165) is 12.2 Å². The van der Waals surface area contributed by atoms with Gasteiger partial charge in [-0.3, -0.25) is 0 Å². The zero-order valence-corrected chi connectivity index (χ0v) is 12.9. The van der Waals surface area contributed by atoms with Gasteiger partial charge in [0, 0.05) is 6.61 Å². The van der Waals surface area contributed by atoms with E-state index in [4.69, 9.17) is 9.47 Å². The molecule has 2 amide bonds. The normalized spacial score (nSPS) is 24.1. The first-order valence-corrected chi connectivity index (χ1v) is 7.37. The van der Waals surface area contributed by atoms with Crippen LogP contribution in [0.2, 0.25) is 0 Å². The number of ether oxygens (including phenoxy) is 2. The second-order valence-corrected chi connectivity index (χ2v) is 5.89. The summed E-state index contributed by atoms with van der Waals surface area (Å²) in [5, 5.41) is 5.90. The lowest BCUT2D eigenvalue weighted by Gasteiger charge is -2.27. The summed E-state index contributed by atoms with van der Waals surface area (Å²) >= 11 is 0. The predicted octanol–water partition coefficient (Wildman–Crippen LogP) is 2.32. The summed E-state index contributed by atoms with van der Waals surface area (Å²) in [6, 6.07) is 9.31. The number of nitrogens with one attached hydrogen (secondary N) is 2. The second kappa shape index (κ2) is 6.80. The van der Waals surface area contributed by atoms with Crippen LogP contribution in [0, 0.1) is 0 Å². The maximum Gasteiger partial charge on any atom is 0.315 e. The molecule has 21 heavy (non-hydrogen) atoms. The number of urea groups is 1. The van der Waals surface area contributed by atoms with Crippen LogP contribution in [0.15, 0.2) is 30.3 Å². The Hall–Kier alpha value is -1.75. The van der Waals surface area contributed by atoms with Crippen LogP contribution >= 0.6 is 0 Å². The number of carbonyl (C=O) groups is 1. The fraction of sp³-hybridized carbons (Fsp3) is 0.562. The van der Waals surface area contributed by atoms with Gasteiger partial charge < -0.3 is 20.1 Å². The van der Waals surface area contributed by atoms with Crippen molar-refractivity contribution in [3.63, 3.8) is 0 Å². The number of hydrogen-bond acceptors (Lipinski definition) is 3. The summed E-state index contributed by atoms with van der Waals surface area (Å²) in [4.78, 5) is 12.0. The van der Waals surface area contributed by atoms with E-state index in [0.29, 0.717) is 13.2 Å². The molecule has 1 aromatic rings. The minimum absolute atomic E-state index is 0.101. The summed E-state index contributed by atoms with van der Waals surface area (Å²) in [6.45, 7) is 7.12. The SMILES string of the molecule is C[C@@H](NC(=O)N[C@]1(C)CCOC1)[C@@H](C)Oc1ccccc1. The second-order valence-electron chi connectivity index (χ2n) is 5.89. The summed E-state index contributed by atoms with van der Waals surface area (Å²) in [7, 11) is 0. The van der Waals surface area contributed by atoms with E-state index in [-0.39, 0.29) is 23.7 Å². The van der Waals surface area contributed by atoms with Gasteiger partial charge in [0.1, 0.15) is 11.9 Å². The van der Waals surface area contributed by atoms with Gasteiger partial charge in [-0.25, -0.2) is 4.79 Å². The highest BCUT2D eigenvalue weighted by Gasteiger charge is 2.31. The van der Waals surface area contributed by atoms with E-state index in [1.807, 2.05) is 51.1 Å². The Morgan fingerprint density at radius 1 is 1.33 bits per heavy atom. The highest BCUT2D eigenvalue weighted by Crippen LogP contribution is 2.17. The lowest BCUT2D eigenvalue weighted by molar-refractivity contribution is 0.161. The first kappa shape index (κ1) is 15.6. The average Bonchev–Trinajstić information content (AvgIpc) is 2.85. The minimum Gasteiger partial charge on any atom is -0.489 e. The number of benzene rings is 1. The van der Waals surface area contributed by atoms with Crippen LogP contribution in [0.25, 0.3) is 0 Å².